The van der Waals surface area contributed by atoms with Gasteiger partial charge in [0.05, 0.1) is 21.8 Å². The minimum Gasteiger partial charge on any atom is -0.459 e. The minimum atomic E-state index is -2.45. The fourth-order valence-corrected chi connectivity index (χ4v) is 2.20. The van der Waals surface area contributed by atoms with Crippen molar-refractivity contribution in [2.45, 2.75) is 38.4 Å². The standard InChI is InChI=1S/C14H18FNO2S/c1-9(16-19(17)14(2,3)4)13-8-10-7-11(15)5-6-12(10)18-13/h5-9,16H,1-4H3/t9-,19-/m1/s1/i1D3. The van der Waals surface area contributed by atoms with E-state index in [0.717, 1.165) is 0 Å². The van der Waals surface area contributed by atoms with Crippen LogP contribution >= 0.6 is 0 Å². The zero-order valence-electron chi connectivity index (χ0n) is 14.0. The zero-order valence-corrected chi connectivity index (χ0v) is 11.8. The van der Waals surface area contributed by atoms with E-state index in [1.807, 2.05) is 0 Å². The van der Waals surface area contributed by atoms with E-state index in [0.29, 0.717) is 11.0 Å². The fraction of sp³-hybridized carbons (Fsp3) is 0.429. The lowest BCUT2D eigenvalue weighted by Gasteiger charge is -2.20. The Labute approximate surface area is 119 Å². The highest BCUT2D eigenvalue weighted by Gasteiger charge is 2.23. The molecule has 0 spiro atoms. The molecule has 0 saturated heterocycles. The number of nitrogens with one attached hydrogen (secondary N) is 1. The molecular formula is C14H18FNO2S. The second-order valence-electron chi connectivity index (χ2n) is 5.26. The van der Waals surface area contributed by atoms with Gasteiger partial charge in [0.1, 0.15) is 17.2 Å². The van der Waals surface area contributed by atoms with Crippen LogP contribution in [0, 0.1) is 5.82 Å². The Balaban J connectivity index is 2.42. The minimum absolute atomic E-state index is 0.109. The molecule has 1 aromatic heterocycles. The molecule has 1 heterocycles. The Hall–Kier alpha value is -1.20. The van der Waals surface area contributed by atoms with Crippen molar-refractivity contribution < 1.29 is 17.1 Å². The van der Waals surface area contributed by atoms with Gasteiger partial charge in [-0.05, 0) is 51.9 Å². The molecule has 104 valence electrons. The van der Waals surface area contributed by atoms with E-state index < -0.39 is 34.4 Å². The van der Waals surface area contributed by atoms with E-state index in [1.165, 1.54) is 24.3 Å². The summed E-state index contributed by atoms with van der Waals surface area (Å²) >= 11 is 0. The number of benzene rings is 1. The average molecular weight is 286 g/mol. The normalized spacial score (nSPS) is 18.6. The van der Waals surface area contributed by atoms with Gasteiger partial charge in [-0.2, -0.15) is 0 Å². The van der Waals surface area contributed by atoms with Crippen LogP contribution in [0.3, 0.4) is 0 Å². The maximum Gasteiger partial charge on any atom is 0.134 e. The summed E-state index contributed by atoms with van der Waals surface area (Å²) < 4.78 is 55.9. The first-order chi connectivity index (χ1) is 9.98. The van der Waals surface area contributed by atoms with Crippen LogP contribution in [-0.4, -0.2) is 8.96 Å². The Morgan fingerprint density at radius 2 is 2.16 bits per heavy atom. The lowest BCUT2D eigenvalue weighted by Crippen LogP contribution is -2.34. The first-order valence-electron chi connectivity index (χ1n) is 7.35. The van der Waals surface area contributed by atoms with Crippen molar-refractivity contribution in [3.63, 3.8) is 0 Å². The number of rotatable bonds is 3. The van der Waals surface area contributed by atoms with Gasteiger partial charge in [-0.15, -0.1) is 0 Å². The molecule has 0 fully saturated rings. The van der Waals surface area contributed by atoms with E-state index >= 15 is 0 Å². The second-order valence-corrected chi connectivity index (χ2v) is 7.26. The van der Waals surface area contributed by atoms with Crippen LogP contribution in [0.1, 0.15) is 43.5 Å². The average Bonchev–Trinajstić information content (AvgIpc) is 2.75. The molecular weight excluding hydrogens is 265 g/mol. The molecule has 1 aromatic carbocycles. The van der Waals surface area contributed by atoms with E-state index in [4.69, 9.17) is 8.53 Å². The molecule has 0 radical (unpaired) electrons. The lowest BCUT2D eigenvalue weighted by atomic mass is 10.2. The first kappa shape index (κ1) is 10.6. The molecule has 0 amide bonds. The van der Waals surface area contributed by atoms with Crippen molar-refractivity contribution in [3.05, 3.63) is 35.8 Å². The van der Waals surface area contributed by atoms with Gasteiger partial charge >= 0.3 is 0 Å². The number of furan rings is 1. The van der Waals surface area contributed by atoms with Crippen molar-refractivity contribution in [1.29, 1.82) is 0 Å². The monoisotopic (exact) mass is 286 g/mol. The Kier molecular flexibility index (Phi) is 2.81. The van der Waals surface area contributed by atoms with Gasteiger partial charge in [-0.1, -0.05) is 0 Å². The third-order valence-corrected chi connectivity index (χ3v) is 4.13. The third-order valence-electron chi connectivity index (χ3n) is 2.56. The number of fused-ring (bicyclic) bond motifs is 1. The van der Waals surface area contributed by atoms with Gasteiger partial charge in [-0.3, -0.25) is 0 Å². The molecule has 2 rings (SSSR count). The molecule has 0 aliphatic carbocycles. The van der Waals surface area contributed by atoms with Gasteiger partial charge in [0, 0.05) is 9.50 Å². The fourth-order valence-electron chi connectivity index (χ4n) is 1.52. The summed E-state index contributed by atoms with van der Waals surface area (Å²) in [7, 11) is -1.58. The van der Waals surface area contributed by atoms with Crippen LogP contribution in [0.5, 0.6) is 0 Å². The lowest BCUT2D eigenvalue weighted by molar-refractivity contribution is 0.492. The van der Waals surface area contributed by atoms with Crippen molar-refractivity contribution in [2.75, 3.05) is 0 Å². The molecule has 0 bridgehead atoms. The maximum atomic E-state index is 13.2. The van der Waals surface area contributed by atoms with E-state index in [2.05, 4.69) is 4.72 Å². The Morgan fingerprint density at radius 3 is 2.79 bits per heavy atom. The highest BCUT2D eigenvalue weighted by Crippen LogP contribution is 2.25. The zero-order chi connectivity index (χ0) is 16.7. The van der Waals surface area contributed by atoms with Crippen LogP contribution in [0.4, 0.5) is 4.39 Å². The van der Waals surface area contributed by atoms with Gasteiger partial charge < -0.3 is 4.42 Å². The summed E-state index contributed by atoms with van der Waals surface area (Å²) in [6.07, 6.45) is 0. The van der Waals surface area contributed by atoms with Gasteiger partial charge in [0.15, 0.2) is 0 Å². The second kappa shape index (κ2) is 5.06. The summed E-state index contributed by atoms with van der Waals surface area (Å²) in [5.74, 6) is -0.324. The molecule has 2 atom stereocenters. The van der Waals surface area contributed by atoms with Crippen molar-refractivity contribution >= 4 is 22.0 Å². The number of hydrogen-bond donors (Lipinski definition) is 1. The SMILES string of the molecule is [2H]C([2H])([2H])[C@@H](N[S@](=O)C(C)(C)C)c1cc2cc(F)ccc2o1. The molecule has 2 aromatic rings. The number of hydrogen-bond acceptors (Lipinski definition) is 2. The predicted octanol–water partition coefficient (Wildman–Crippen LogP) is 3.68. The maximum absolute atomic E-state index is 13.2. The van der Waals surface area contributed by atoms with E-state index in [9.17, 15) is 8.60 Å². The summed E-state index contributed by atoms with van der Waals surface area (Å²) in [5, 5.41) is 0.465. The van der Waals surface area contributed by atoms with Crippen LogP contribution in [0.25, 0.3) is 11.0 Å². The van der Waals surface area contributed by atoms with Crippen molar-refractivity contribution in [2.24, 2.45) is 0 Å². The van der Waals surface area contributed by atoms with Crippen molar-refractivity contribution in [1.82, 2.24) is 4.72 Å². The molecule has 0 saturated carbocycles. The summed E-state index contributed by atoms with van der Waals surface area (Å²) in [5.41, 5.74) is 0.383. The largest absolute Gasteiger partial charge is 0.459 e. The summed E-state index contributed by atoms with van der Waals surface area (Å²) in [6.45, 7) is 2.76. The van der Waals surface area contributed by atoms with Crippen molar-refractivity contribution in [3.8, 4) is 0 Å². The van der Waals surface area contributed by atoms with Gasteiger partial charge in [0.25, 0.3) is 0 Å². The Morgan fingerprint density at radius 1 is 1.42 bits per heavy atom. The summed E-state index contributed by atoms with van der Waals surface area (Å²) in [6, 6.07) is 4.16. The Bertz CT molecular complexity index is 706. The van der Waals surface area contributed by atoms with Gasteiger partial charge in [-0.25, -0.2) is 13.3 Å². The topological polar surface area (TPSA) is 42.2 Å². The quantitative estimate of drug-likeness (QED) is 0.935. The van der Waals surface area contributed by atoms with E-state index in [1.54, 1.807) is 20.8 Å². The molecule has 5 heteroatoms. The molecule has 0 unspecified atom stereocenters. The highest BCUT2D eigenvalue weighted by molar-refractivity contribution is 7.84. The molecule has 1 N–H and O–H groups in total. The van der Waals surface area contributed by atoms with Crippen LogP contribution in [0.15, 0.2) is 28.7 Å². The molecule has 0 aliphatic rings. The van der Waals surface area contributed by atoms with Crippen LogP contribution < -0.4 is 4.72 Å². The van der Waals surface area contributed by atoms with E-state index in [-0.39, 0.29) is 5.76 Å². The predicted molar refractivity (Wildman–Crippen MR) is 75.6 cm³/mol. The smallest absolute Gasteiger partial charge is 0.134 e. The third kappa shape index (κ3) is 3.22. The van der Waals surface area contributed by atoms with Gasteiger partial charge in [0.2, 0.25) is 0 Å². The molecule has 19 heavy (non-hydrogen) atoms. The molecule has 0 aliphatic heterocycles. The highest BCUT2D eigenvalue weighted by atomic mass is 32.2. The number of halogens is 1. The van der Waals surface area contributed by atoms with Crippen LogP contribution in [-0.2, 0) is 11.0 Å². The summed E-state index contributed by atoms with van der Waals surface area (Å²) in [4.78, 5) is 0. The molecule has 3 nitrogen and oxygen atoms in total. The van der Waals surface area contributed by atoms with Crippen LogP contribution in [0.2, 0.25) is 0 Å². The first-order valence-corrected chi connectivity index (χ1v) is 7.00.